The second kappa shape index (κ2) is 5.83. The molecule has 0 aliphatic carbocycles. The molecule has 0 amide bonds. The molecule has 2 aromatic rings. The van der Waals surface area contributed by atoms with Crippen LogP contribution in [0.25, 0.3) is 0 Å². The van der Waals surface area contributed by atoms with Crippen LogP contribution in [0.4, 0.5) is 15.8 Å². The zero-order chi connectivity index (χ0) is 15.6. The fraction of sp³-hybridized carbons (Fsp3) is 0. The third-order valence-corrected chi connectivity index (χ3v) is 3.11. The minimum absolute atomic E-state index is 0.218. The minimum atomic E-state index is -1.09. The van der Waals surface area contributed by atoms with Gasteiger partial charge in [0, 0.05) is 6.07 Å². The van der Waals surface area contributed by atoms with Crippen molar-refractivity contribution in [2.75, 3.05) is 0 Å². The number of hydrogen-bond acceptors (Lipinski definition) is 5. The lowest BCUT2D eigenvalue weighted by atomic mass is 10.2. The van der Waals surface area contributed by atoms with Crippen LogP contribution in [0.2, 0.25) is 0 Å². The zero-order valence-electron chi connectivity index (χ0n) is 10.2. The van der Waals surface area contributed by atoms with Crippen LogP contribution in [-0.4, -0.2) is 9.85 Å². The highest BCUT2D eigenvalue weighted by Gasteiger charge is 2.25. The molecule has 2 aromatic carbocycles. The second-order valence-corrected chi connectivity index (χ2v) is 4.65. The van der Waals surface area contributed by atoms with E-state index < -0.39 is 32.8 Å². The third kappa shape index (κ3) is 2.97. The molecule has 0 heterocycles. The highest BCUT2D eigenvalue weighted by atomic mass is 79.9. The Balaban J connectivity index is 2.56. The van der Waals surface area contributed by atoms with Gasteiger partial charge in [0.15, 0.2) is 0 Å². The van der Waals surface area contributed by atoms with Crippen LogP contribution in [0.1, 0.15) is 0 Å². The van der Waals surface area contributed by atoms with Crippen molar-refractivity contribution < 1.29 is 19.0 Å². The Kier molecular flexibility index (Phi) is 4.13. The van der Waals surface area contributed by atoms with E-state index in [1.54, 1.807) is 0 Å². The molecule has 0 aromatic heterocycles. The molecule has 0 spiro atoms. The summed E-state index contributed by atoms with van der Waals surface area (Å²) >= 11 is 3.06. The Bertz CT molecular complexity index is 738. The van der Waals surface area contributed by atoms with Crippen molar-refractivity contribution in [2.45, 2.75) is 0 Å². The van der Waals surface area contributed by atoms with Gasteiger partial charge in [0.2, 0.25) is 17.3 Å². The quantitative estimate of drug-likeness (QED) is 0.604. The highest BCUT2D eigenvalue weighted by molar-refractivity contribution is 9.10. The van der Waals surface area contributed by atoms with E-state index in [1.807, 2.05) is 0 Å². The predicted octanol–water partition coefficient (Wildman–Crippen LogP) is 4.20. The first kappa shape index (κ1) is 14.9. The minimum Gasteiger partial charge on any atom is -0.442 e. The first-order chi connectivity index (χ1) is 9.91. The number of benzene rings is 2. The normalized spacial score (nSPS) is 10.2. The standard InChI is InChI=1S/C12H6BrFN2O5/c13-7-3-1-5-9(15(17)18)12(7)21-10-6-2-4-8(14)11(10)16(19)20/h1-6H. The molecule has 7 nitrogen and oxygen atoms in total. The van der Waals surface area contributed by atoms with Crippen molar-refractivity contribution in [2.24, 2.45) is 0 Å². The van der Waals surface area contributed by atoms with Crippen LogP contribution in [0.5, 0.6) is 11.5 Å². The average molecular weight is 357 g/mol. The first-order valence-electron chi connectivity index (χ1n) is 5.45. The Labute approximate surface area is 125 Å². The molecule has 0 unspecified atom stereocenters. The van der Waals surface area contributed by atoms with E-state index in [0.717, 1.165) is 12.1 Å². The number of hydrogen-bond donors (Lipinski definition) is 0. The number of nitro benzene ring substituents is 2. The van der Waals surface area contributed by atoms with Gasteiger partial charge in [-0.3, -0.25) is 20.2 Å². The topological polar surface area (TPSA) is 95.5 Å². The smallest absolute Gasteiger partial charge is 0.346 e. The molecule has 9 heteroatoms. The van der Waals surface area contributed by atoms with Crippen molar-refractivity contribution in [3.05, 3.63) is 66.9 Å². The van der Waals surface area contributed by atoms with E-state index in [-0.39, 0.29) is 10.2 Å². The lowest BCUT2D eigenvalue weighted by molar-refractivity contribution is -0.389. The number of halogens is 2. The number of nitrogens with zero attached hydrogens (tertiary/aromatic N) is 2. The van der Waals surface area contributed by atoms with Gasteiger partial charge in [-0.05, 0) is 34.1 Å². The van der Waals surface area contributed by atoms with Gasteiger partial charge < -0.3 is 4.74 Å². The van der Waals surface area contributed by atoms with Gasteiger partial charge in [0.25, 0.3) is 0 Å². The van der Waals surface area contributed by atoms with E-state index in [0.29, 0.717) is 0 Å². The molecule has 0 aliphatic heterocycles. The van der Waals surface area contributed by atoms with Crippen LogP contribution < -0.4 is 4.74 Å². The third-order valence-electron chi connectivity index (χ3n) is 2.49. The van der Waals surface area contributed by atoms with Crippen molar-refractivity contribution in [1.29, 1.82) is 0 Å². The van der Waals surface area contributed by atoms with Gasteiger partial charge in [-0.15, -0.1) is 0 Å². The van der Waals surface area contributed by atoms with Crippen LogP contribution in [0.3, 0.4) is 0 Å². The average Bonchev–Trinajstić information content (AvgIpc) is 2.40. The zero-order valence-corrected chi connectivity index (χ0v) is 11.7. The fourth-order valence-electron chi connectivity index (χ4n) is 1.61. The summed E-state index contributed by atoms with van der Waals surface area (Å²) in [6, 6.07) is 7.32. The van der Waals surface area contributed by atoms with Crippen LogP contribution in [0.15, 0.2) is 40.9 Å². The maximum atomic E-state index is 13.5. The van der Waals surface area contributed by atoms with Gasteiger partial charge in [-0.25, -0.2) is 0 Å². The molecule has 0 aliphatic rings. The van der Waals surface area contributed by atoms with E-state index in [9.17, 15) is 24.6 Å². The van der Waals surface area contributed by atoms with Crippen molar-refractivity contribution in [1.82, 2.24) is 0 Å². The van der Waals surface area contributed by atoms with Crippen LogP contribution in [0, 0.1) is 26.0 Å². The Morgan fingerprint density at radius 3 is 2.33 bits per heavy atom. The maximum absolute atomic E-state index is 13.5. The molecular weight excluding hydrogens is 351 g/mol. The lowest BCUT2D eigenvalue weighted by Crippen LogP contribution is -1.99. The summed E-state index contributed by atoms with van der Waals surface area (Å²) in [5.41, 5.74) is -1.29. The number of nitro groups is 2. The van der Waals surface area contributed by atoms with Crippen molar-refractivity contribution >= 4 is 27.3 Å². The summed E-state index contributed by atoms with van der Waals surface area (Å²) in [4.78, 5) is 20.2. The van der Waals surface area contributed by atoms with Gasteiger partial charge in [-0.1, -0.05) is 12.1 Å². The molecule has 0 radical (unpaired) electrons. The predicted molar refractivity (Wildman–Crippen MR) is 73.9 cm³/mol. The monoisotopic (exact) mass is 356 g/mol. The Morgan fingerprint density at radius 1 is 1.05 bits per heavy atom. The van der Waals surface area contributed by atoms with E-state index in [4.69, 9.17) is 4.74 Å². The summed E-state index contributed by atoms with van der Waals surface area (Å²) in [7, 11) is 0. The van der Waals surface area contributed by atoms with Gasteiger partial charge in [0.05, 0.1) is 14.3 Å². The number of ether oxygens (including phenoxy) is 1. The summed E-state index contributed by atoms with van der Waals surface area (Å²) in [6.45, 7) is 0. The lowest BCUT2D eigenvalue weighted by Gasteiger charge is -2.08. The number of rotatable bonds is 4. The summed E-state index contributed by atoms with van der Waals surface area (Å²) < 4.78 is 18.9. The van der Waals surface area contributed by atoms with E-state index >= 15 is 0 Å². The summed E-state index contributed by atoms with van der Waals surface area (Å²) in [5, 5.41) is 21.8. The molecule has 0 atom stereocenters. The van der Waals surface area contributed by atoms with Gasteiger partial charge in [0.1, 0.15) is 0 Å². The molecule has 108 valence electrons. The highest BCUT2D eigenvalue weighted by Crippen LogP contribution is 2.41. The van der Waals surface area contributed by atoms with E-state index in [1.165, 1.54) is 24.3 Å². The molecule has 0 bridgehead atoms. The van der Waals surface area contributed by atoms with E-state index in [2.05, 4.69) is 15.9 Å². The van der Waals surface area contributed by atoms with Crippen molar-refractivity contribution in [3.8, 4) is 11.5 Å². The van der Waals surface area contributed by atoms with Crippen LogP contribution >= 0.6 is 15.9 Å². The summed E-state index contributed by atoms with van der Waals surface area (Å²) in [5.74, 6) is -1.75. The number of para-hydroxylation sites is 2. The second-order valence-electron chi connectivity index (χ2n) is 3.79. The molecule has 21 heavy (non-hydrogen) atoms. The fourth-order valence-corrected chi connectivity index (χ4v) is 2.04. The Hall–Kier alpha value is -2.55. The largest absolute Gasteiger partial charge is 0.442 e. The molecular formula is C12H6BrFN2O5. The molecule has 2 rings (SSSR count). The van der Waals surface area contributed by atoms with Gasteiger partial charge in [-0.2, -0.15) is 4.39 Å². The maximum Gasteiger partial charge on any atom is 0.346 e. The first-order valence-corrected chi connectivity index (χ1v) is 6.24. The molecule has 0 fully saturated rings. The summed E-state index contributed by atoms with van der Waals surface area (Å²) in [6.07, 6.45) is 0. The SMILES string of the molecule is O=[N+]([O-])c1cccc(Br)c1Oc1cccc(F)c1[N+](=O)[O-]. The molecule has 0 N–H and O–H groups in total. The van der Waals surface area contributed by atoms with Crippen LogP contribution in [-0.2, 0) is 0 Å². The van der Waals surface area contributed by atoms with Crippen molar-refractivity contribution in [3.63, 3.8) is 0 Å². The Morgan fingerprint density at radius 2 is 1.71 bits per heavy atom. The molecule has 0 saturated heterocycles. The van der Waals surface area contributed by atoms with Gasteiger partial charge >= 0.3 is 11.4 Å². The molecule has 0 saturated carbocycles.